The van der Waals surface area contributed by atoms with Crippen LogP contribution in [0.3, 0.4) is 0 Å². The van der Waals surface area contributed by atoms with E-state index < -0.39 is 18.5 Å². The van der Waals surface area contributed by atoms with Crippen molar-refractivity contribution in [2.24, 2.45) is 5.73 Å². The zero-order valence-corrected chi connectivity index (χ0v) is 20.1. The molecule has 0 bridgehead atoms. The molecule has 0 saturated carbocycles. The number of rotatable bonds is 5. The molecule has 188 valence electrons. The fourth-order valence-electron chi connectivity index (χ4n) is 5.33. The van der Waals surface area contributed by atoms with Crippen molar-refractivity contribution >= 4 is 24.2 Å². The molecule has 1 heterocycles. The Balaban J connectivity index is 1.25. The molecule has 1 aliphatic heterocycles. The monoisotopic (exact) mass is 494 g/mol. The standard InChI is InChI=1S/C27H28BF3N3O2/c1-18-19(16-32)14-20(28(29,30)31)15-26(18)33-10-12-34(13-11-33)27(35)36-17-25-23-8-4-2-6-21(23)22-7-3-5-9-24(22)25/h2-9,14-15,25H,10-13,16-17,32H2,1H3/q-1. The van der Waals surface area contributed by atoms with E-state index in [1.807, 2.05) is 29.2 Å². The number of amides is 1. The van der Waals surface area contributed by atoms with Crippen molar-refractivity contribution in [3.05, 3.63) is 82.9 Å². The van der Waals surface area contributed by atoms with Crippen LogP contribution in [0.1, 0.15) is 28.2 Å². The summed E-state index contributed by atoms with van der Waals surface area (Å²) in [5.74, 6) is -0.0213. The molecule has 0 atom stereocenters. The van der Waals surface area contributed by atoms with E-state index in [4.69, 9.17) is 10.5 Å². The largest absolute Gasteiger partial charge is 0.509 e. The van der Waals surface area contributed by atoms with Gasteiger partial charge in [-0.05, 0) is 40.3 Å². The third-order valence-corrected chi connectivity index (χ3v) is 7.32. The minimum atomic E-state index is -5.13. The molecule has 9 heteroatoms. The zero-order chi connectivity index (χ0) is 25.4. The van der Waals surface area contributed by atoms with Crippen LogP contribution in [0.5, 0.6) is 0 Å². The van der Waals surface area contributed by atoms with E-state index in [9.17, 15) is 17.7 Å². The third-order valence-electron chi connectivity index (χ3n) is 7.32. The molecule has 0 radical (unpaired) electrons. The van der Waals surface area contributed by atoms with Gasteiger partial charge in [-0.1, -0.05) is 60.7 Å². The van der Waals surface area contributed by atoms with E-state index >= 15 is 0 Å². The highest BCUT2D eigenvalue weighted by molar-refractivity contribution is 6.73. The van der Waals surface area contributed by atoms with Gasteiger partial charge in [-0.2, -0.15) is 0 Å². The molecule has 3 aromatic rings. The highest BCUT2D eigenvalue weighted by atomic mass is 19.4. The summed E-state index contributed by atoms with van der Waals surface area (Å²) in [4.78, 5) is 16.4. The van der Waals surface area contributed by atoms with Crippen molar-refractivity contribution < 1.29 is 22.5 Å². The topological polar surface area (TPSA) is 58.8 Å². The first-order chi connectivity index (χ1) is 17.3. The van der Waals surface area contributed by atoms with E-state index in [1.165, 1.54) is 6.07 Å². The van der Waals surface area contributed by atoms with Gasteiger partial charge in [-0.3, -0.25) is 0 Å². The molecule has 0 unspecified atom stereocenters. The van der Waals surface area contributed by atoms with E-state index in [-0.39, 0.29) is 19.1 Å². The number of ether oxygens (including phenoxy) is 1. The molecule has 2 N–H and O–H groups in total. The number of carbonyl (C=O) groups excluding carboxylic acids is 1. The average Bonchev–Trinajstić information content (AvgIpc) is 3.20. The number of fused-ring (bicyclic) bond motifs is 3. The summed E-state index contributed by atoms with van der Waals surface area (Å²) in [5, 5.41) is 0. The number of benzene rings is 3. The Labute approximate surface area is 208 Å². The van der Waals surface area contributed by atoms with Gasteiger partial charge in [0, 0.05) is 44.3 Å². The Hall–Kier alpha value is -3.46. The lowest BCUT2D eigenvalue weighted by Crippen LogP contribution is -2.49. The van der Waals surface area contributed by atoms with Crippen molar-refractivity contribution in [3.8, 4) is 11.1 Å². The normalized spacial score (nSPS) is 15.6. The first-order valence-electron chi connectivity index (χ1n) is 12.2. The number of hydrogen-bond acceptors (Lipinski definition) is 4. The number of hydrogen-bond donors (Lipinski definition) is 1. The first kappa shape index (κ1) is 24.2. The molecule has 36 heavy (non-hydrogen) atoms. The predicted molar refractivity (Wildman–Crippen MR) is 137 cm³/mol. The molecule has 1 amide bonds. The fraction of sp³-hybridized carbons (Fsp3) is 0.296. The Morgan fingerprint density at radius 2 is 1.56 bits per heavy atom. The molecule has 0 spiro atoms. The maximum atomic E-state index is 13.5. The van der Waals surface area contributed by atoms with Gasteiger partial charge in [0.2, 0.25) is 0 Å². The Morgan fingerprint density at radius 3 is 2.11 bits per heavy atom. The Kier molecular flexibility index (Phi) is 6.43. The van der Waals surface area contributed by atoms with Crippen LogP contribution in [0, 0.1) is 6.92 Å². The summed E-state index contributed by atoms with van der Waals surface area (Å²) >= 11 is 0. The van der Waals surface area contributed by atoms with E-state index in [0.717, 1.165) is 33.9 Å². The second-order valence-electron chi connectivity index (χ2n) is 9.38. The molecular weight excluding hydrogens is 466 g/mol. The molecule has 5 nitrogen and oxygen atoms in total. The SMILES string of the molecule is Cc1c(CN)cc([B-](F)(F)F)cc1N1CCN(C(=O)OCC2c3ccccc3-c3ccccc32)CC1. The van der Waals surface area contributed by atoms with Crippen LogP contribution in [0.4, 0.5) is 23.4 Å². The average molecular weight is 494 g/mol. The number of carbonyl (C=O) groups is 1. The van der Waals surface area contributed by atoms with E-state index in [2.05, 4.69) is 24.3 Å². The molecular formula is C27H28BF3N3O2-. The van der Waals surface area contributed by atoms with E-state index in [1.54, 1.807) is 11.8 Å². The number of nitrogens with zero attached hydrogens (tertiary/aromatic N) is 2. The van der Waals surface area contributed by atoms with Crippen LogP contribution < -0.4 is 16.1 Å². The fourth-order valence-corrected chi connectivity index (χ4v) is 5.33. The molecule has 3 aromatic carbocycles. The van der Waals surface area contributed by atoms with Crippen LogP contribution in [-0.4, -0.2) is 50.8 Å². The summed E-state index contributed by atoms with van der Waals surface area (Å²) in [6, 6.07) is 18.7. The van der Waals surface area contributed by atoms with Crippen LogP contribution in [0.25, 0.3) is 11.1 Å². The lowest BCUT2D eigenvalue weighted by atomic mass is 9.78. The smallest absolute Gasteiger partial charge is 0.448 e. The molecule has 2 aliphatic rings. The van der Waals surface area contributed by atoms with Gasteiger partial charge in [0.1, 0.15) is 6.61 Å². The summed E-state index contributed by atoms with van der Waals surface area (Å²) < 4.78 is 46.2. The maximum Gasteiger partial charge on any atom is 0.509 e. The molecule has 1 aliphatic carbocycles. The molecule has 5 rings (SSSR count). The minimum Gasteiger partial charge on any atom is -0.448 e. The lowest BCUT2D eigenvalue weighted by molar-refractivity contribution is 0.0977. The first-order valence-corrected chi connectivity index (χ1v) is 12.2. The zero-order valence-electron chi connectivity index (χ0n) is 20.1. The summed E-state index contributed by atoms with van der Waals surface area (Å²) in [7, 11) is 0. The number of halogens is 3. The van der Waals surface area contributed by atoms with Gasteiger partial charge < -0.3 is 33.2 Å². The highest BCUT2D eigenvalue weighted by Crippen LogP contribution is 2.44. The molecule has 1 fully saturated rings. The number of piperazine rings is 1. The number of nitrogens with two attached hydrogens (primary N) is 1. The Bertz CT molecular complexity index is 1240. The van der Waals surface area contributed by atoms with Crippen LogP contribution in [0.15, 0.2) is 60.7 Å². The summed E-state index contributed by atoms with van der Waals surface area (Å²) in [6.07, 6.45) is -0.400. The predicted octanol–water partition coefficient (Wildman–Crippen LogP) is 4.58. The van der Waals surface area contributed by atoms with Gasteiger partial charge in [0.25, 0.3) is 0 Å². The highest BCUT2D eigenvalue weighted by Gasteiger charge is 2.31. The van der Waals surface area contributed by atoms with Crippen LogP contribution >= 0.6 is 0 Å². The van der Waals surface area contributed by atoms with E-state index in [0.29, 0.717) is 37.4 Å². The third kappa shape index (κ3) is 4.43. The Morgan fingerprint density at radius 1 is 0.972 bits per heavy atom. The van der Waals surface area contributed by atoms with Gasteiger partial charge in [-0.25, -0.2) is 4.79 Å². The second kappa shape index (κ2) is 9.54. The van der Waals surface area contributed by atoms with Crippen LogP contribution in [-0.2, 0) is 11.3 Å². The number of anilines is 1. The van der Waals surface area contributed by atoms with Gasteiger partial charge >= 0.3 is 13.1 Å². The van der Waals surface area contributed by atoms with Gasteiger partial charge in [0.15, 0.2) is 0 Å². The molecule has 1 saturated heterocycles. The van der Waals surface area contributed by atoms with Gasteiger partial charge in [-0.15, -0.1) is 5.46 Å². The van der Waals surface area contributed by atoms with Crippen LogP contribution in [0.2, 0.25) is 0 Å². The summed E-state index contributed by atoms with van der Waals surface area (Å²) in [6.45, 7) is -1.48. The van der Waals surface area contributed by atoms with Gasteiger partial charge in [0.05, 0.1) is 0 Å². The summed E-state index contributed by atoms with van der Waals surface area (Å²) in [5.41, 5.74) is 11.5. The molecule has 0 aromatic heterocycles. The second-order valence-corrected chi connectivity index (χ2v) is 9.38. The van der Waals surface area contributed by atoms with Crippen molar-refractivity contribution in [2.75, 3.05) is 37.7 Å². The lowest BCUT2D eigenvalue weighted by Gasteiger charge is -2.37. The minimum absolute atomic E-state index is 0.0213. The van der Waals surface area contributed by atoms with Crippen molar-refractivity contribution in [1.82, 2.24) is 4.90 Å². The van der Waals surface area contributed by atoms with Crippen molar-refractivity contribution in [1.29, 1.82) is 0 Å². The van der Waals surface area contributed by atoms with Crippen molar-refractivity contribution in [3.63, 3.8) is 0 Å². The quantitative estimate of drug-likeness (QED) is 0.528. The maximum absolute atomic E-state index is 13.5. The van der Waals surface area contributed by atoms with Crippen molar-refractivity contribution in [2.45, 2.75) is 19.4 Å².